The molecule has 2 amide bonds. The van der Waals surface area contributed by atoms with Gasteiger partial charge < -0.3 is 15.0 Å². The molecule has 1 fully saturated rings. The van der Waals surface area contributed by atoms with Crippen molar-refractivity contribution in [2.75, 3.05) is 19.7 Å². The SMILES string of the molecule is CC[C@@]1(C)CN(C(=O)NCc2cccc(C#N)c2)CCO1. The molecular formula is C16H21N3O2. The molecule has 1 aliphatic heterocycles. The van der Waals surface area contributed by atoms with E-state index in [-0.39, 0.29) is 11.6 Å². The Morgan fingerprint density at radius 1 is 1.57 bits per heavy atom. The number of benzene rings is 1. The fourth-order valence-corrected chi connectivity index (χ4v) is 2.36. The topological polar surface area (TPSA) is 65.4 Å². The lowest BCUT2D eigenvalue weighted by Gasteiger charge is -2.39. The van der Waals surface area contributed by atoms with E-state index in [1.54, 1.807) is 17.0 Å². The number of carbonyl (C=O) groups is 1. The summed E-state index contributed by atoms with van der Waals surface area (Å²) in [4.78, 5) is 14.0. The monoisotopic (exact) mass is 287 g/mol. The lowest BCUT2D eigenvalue weighted by atomic mass is 10.0. The Hall–Kier alpha value is -2.06. The molecular weight excluding hydrogens is 266 g/mol. The zero-order valence-corrected chi connectivity index (χ0v) is 12.6. The van der Waals surface area contributed by atoms with E-state index in [4.69, 9.17) is 10.00 Å². The Morgan fingerprint density at radius 2 is 2.38 bits per heavy atom. The van der Waals surface area contributed by atoms with E-state index < -0.39 is 0 Å². The summed E-state index contributed by atoms with van der Waals surface area (Å²) in [7, 11) is 0. The number of urea groups is 1. The third-order valence-corrected chi connectivity index (χ3v) is 3.87. The van der Waals surface area contributed by atoms with Crippen molar-refractivity contribution in [3.8, 4) is 6.07 Å². The van der Waals surface area contributed by atoms with Crippen molar-refractivity contribution in [3.63, 3.8) is 0 Å². The van der Waals surface area contributed by atoms with Crippen LogP contribution in [0.25, 0.3) is 0 Å². The van der Waals surface area contributed by atoms with Crippen molar-refractivity contribution in [2.45, 2.75) is 32.4 Å². The van der Waals surface area contributed by atoms with Crippen molar-refractivity contribution >= 4 is 6.03 Å². The second-order valence-electron chi connectivity index (χ2n) is 5.54. The molecule has 5 nitrogen and oxygen atoms in total. The summed E-state index contributed by atoms with van der Waals surface area (Å²) in [5, 5.41) is 11.8. The highest BCUT2D eigenvalue weighted by atomic mass is 16.5. The Kier molecular flexibility index (Phi) is 4.81. The van der Waals surface area contributed by atoms with Crippen LogP contribution in [0.1, 0.15) is 31.4 Å². The molecule has 0 bridgehead atoms. The predicted octanol–water partition coefficient (Wildman–Crippen LogP) is 2.27. The van der Waals surface area contributed by atoms with Gasteiger partial charge in [0.05, 0.1) is 30.4 Å². The Bertz CT molecular complexity index is 553. The molecule has 1 N–H and O–H groups in total. The summed E-state index contributed by atoms with van der Waals surface area (Å²) in [6.07, 6.45) is 0.876. The summed E-state index contributed by atoms with van der Waals surface area (Å²) in [6, 6.07) is 9.27. The van der Waals surface area contributed by atoms with Crippen LogP contribution in [0.5, 0.6) is 0 Å². The van der Waals surface area contributed by atoms with Gasteiger partial charge in [-0.3, -0.25) is 0 Å². The molecule has 1 saturated heterocycles. The van der Waals surface area contributed by atoms with Gasteiger partial charge in [0, 0.05) is 13.1 Å². The van der Waals surface area contributed by atoms with Gasteiger partial charge in [-0.2, -0.15) is 5.26 Å². The number of nitriles is 1. The molecule has 0 spiro atoms. The van der Waals surface area contributed by atoms with Gasteiger partial charge in [0.2, 0.25) is 0 Å². The van der Waals surface area contributed by atoms with Crippen LogP contribution in [0.4, 0.5) is 4.79 Å². The van der Waals surface area contributed by atoms with E-state index in [0.717, 1.165) is 12.0 Å². The van der Waals surface area contributed by atoms with Crippen LogP contribution in [0.15, 0.2) is 24.3 Å². The number of nitrogens with zero attached hydrogens (tertiary/aromatic N) is 2. The molecule has 0 unspecified atom stereocenters. The van der Waals surface area contributed by atoms with E-state index in [1.807, 2.05) is 19.1 Å². The maximum atomic E-state index is 12.2. The summed E-state index contributed by atoms with van der Waals surface area (Å²) in [6.45, 7) is 6.31. The van der Waals surface area contributed by atoms with Gasteiger partial charge in [-0.1, -0.05) is 19.1 Å². The minimum absolute atomic E-state index is 0.0830. The normalized spacial score (nSPS) is 21.7. The minimum atomic E-state index is -0.254. The first-order chi connectivity index (χ1) is 10.1. The fourth-order valence-electron chi connectivity index (χ4n) is 2.36. The number of hydrogen-bond acceptors (Lipinski definition) is 3. The fraction of sp³-hybridized carbons (Fsp3) is 0.500. The maximum Gasteiger partial charge on any atom is 0.317 e. The molecule has 1 aromatic rings. The molecule has 112 valence electrons. The molecule has 5 heteroatoms. The van der Waals surface area contributed by atoms with Gasteiger partial charge in [0.25, 0.3) is 0 Å². The number of ether oxygens (including phenoxy) is 1. The first-order valence-corrected chi connectivity index (χ1v) is 7.22. The van der Waals surface area contributed by atoms with Crippen LogP contribution >= 0.6 is 0 Å². The molecule has 1 atom stereocenters. The minimum Gasteiger partial charge on any atom is -0.372 e. The number of rotatable bonds is 3. The van der Waals surface area contributed by atoms with Gasteiger partial charge in [-0.25, -0.2) is 4.79 Å². The second-order valence-corrected chi connectivity index (χ2v) is 5.54. The zero-order valence-electron chi connectivity index (χ0n) is 12.6. The van der Waals surface area contributed by atoms with E-state index >= 15 is 0 Å². The maximum absolute atomic E-state index is 12.2. The van der Waals surface area contributed by atoms with Crippen LogP contribution in [0, 0.1) is 11.3 Å². The number of morpholine rings is 1. The molecule has 0 radical (unpaired) electrons. The first kappa shape index (κ1) is 15.3. The van der Waals surface area contributed by atoms with Crippen molar-refractivity contribution in [3.05, 3.63) is 35.4 Å². The highest BCUT2D eigenvalue weighted by Gasteiger charge is 2.32. The smallest absolute Gasteiger partial charge is 0.317 e. The van der Waals surface area contributed by atoms with Gasteiger partial charge in [-0.05, 0) is 31.0 Å². The highest BCUT2D eigenvalue weighted by molar-refractivity contribution is 5.74. The third-order valence-electron chi connectivity index (χ3n) is 3.87. The van der Waals surface area contributed by atoms with E-state index in [0.29, 0.717) is 31.8 Å². The molecule has 2 rings (SSSR count). The van der Waals surface area contributed by atoms with Crippen molar-refractivity contribution < 1.29 is 9.53 Å². The Balaban J connectivity index is 1.91. The van der Waals surface area contributed by atoms with Gasteiger partial charge >= 0.3 is 6.03 Å². The largest absolute Gasteiger partial charge is 0.372 e. The molecule has 1 aliphatic rings. The van der Waals surface area contributed by atoms with E-state index in [2.05, 4.69) is 18.3 Å². The van der Waals surface area contributed by atoms with Crippen LogP contribution in [0.3, 0.4) is 0 Å². The summed E-state index contributed by atoms with van der Waals surface area (Å²) in [5.74, 6) is 0. The zero-order chi connectivity index (χ0) is 15.3. The van der Waals surface area contributed by atoms with Crippen LogP contribution in [-0.2, 0) is 11.3 Å². The second kappa shape index (κ2) is 6.59. The molecule has 0 aromatic heterocycles. The third kappa shape index (κ3) is 3.96. The standard InChI is InChI=1S/C16H21N3O2/c1-3-16(2)12-19(7-8-21-16)15(20)18-11-14-6-4-5-13(9-14)10-17/h4-6,9H,3,7-8,11-12H2,1-2H3,(H,18,20)/t16-/m0/s1. The van der Waals surface area contributed by atoms with Crippen molar-refractivity contribution in [1.82, 2.24) is 10.2 Å². The summed E-state index contributed by atoms with van der Waals surface area (Å²) in [5.41, 5.74) is 1.27. The van der Waals surface area contributed by atoms with Gasteiger partial charge in [-0.15, -0.1) is 0 Å². The molecule has 21 heavy (non-hydrogen) atoms. The molecule has 1 heterocycles. The number of nitrogens with one attached hydrogen (secondary N) is 1. The average molecular weight is 287 g/mol. The first-order valence-electron chi connectivity index (χ1n) is 7.22. The van der Waals surface area contributed by atoms with Gasteiger partial charge in [0.1, 0.15) is 0 Å². The van der Waals surface area contributed by atoms with E-state index in [1.165, 1.54) is 0 Å². The predicted molar refractivity (Wildman–Crippen MR) is 79.6 cm³/mol. The molecule has 0 saturated carbocycles. The van der Waals surface area contributed by atoms with Gasteiger partial charge in [0.15, 0.2) is 0 Å². The van der Waals surface area contributed by atoms with Crippen LogP contribution in [0.2, 0.25) is 0 Å². The van der Waals surface area contributed by atoms with Crippen molar-refractivity contribution in [1.29, 1.82) is 5.26 Å². The lowest BCUT2D eigenvalue weighted by Crippen LogP contribution is -2.54. The molecule has 0 aliphatic carbocycles. The van der Waals surface area contributed by atoms with Crippen molar-refractivity contribution in [2.24, 2.45) is 0 Å². The quantitative estimate of drug-likeness (QED) is 0.927. The number of amides is 2. The van der Waals surface area contributed by atoms with E-state index in [9.17, 15) is 4.79 Å². The highest BCUT2D eigenvalue weighted by Crippen LogP contribution is 2.20. The summed E-state index contributed by atoms with van der Waals surface area (Å²) < 4.78 is 5.73. The molecule has 1 aromatic carbocycles. The number of hydrogen-bond donors (Lipinski definition) is 1. The Labute approximate surface area is 125 Å². The van der Waals surface area contributed by atoms with Crippen LogP contribution in [-0.4, -0.2) is 36.2 Å². The Morgan fingerprint density at radius 3 is 3.10 bits per heavy atom. The lowest BCUT2D eigenvalue weighted by molar-refractivity contribution is -0.0872. The summed E-state index contributed by atoms with van der Waals surface area (Å²) >= 11 is 0. The average Bonchev–Trinajstić information content (AvgIpc) is 2.53. The van der Waals surface area contributed by atoms with Crippen LogP contribution < -0.4 is 5.32 Å². The number of carbonyl (C=O) groups excluding carboxylic acids is 1.